The highest BCUT2D eigenvalue weighted by Crippen LogP contribution is 2.33. The lowest BCUT2D eigenvalue weighted by Crippen LogP contribution is -2.26. The van der Waals surface area contributed by atoms with Crippen LogP contribution in [0.1, 0.15) is 46.7 Å². The number of aryl methyl sites for hydroxylation is 2. The van der Waals surface area contributed by atoms with E-state index in [-0.39, 0.29) is 30.1 Å². The molecular formula is C27H28F3N5O. The molecule has 6 nitrogen and oxygen atoms in total. The van der Waals surface area contributed by atoms with Gasteiger partial charge in [-0.05, 0) is 73.5 Å². The van der Waals surface area contributed by atoms with Crippen molar-refractivity contribution in [2.24, 2.45) is 5.73 Å². The summed E-state index contributed by atoms with van der Waals surface area (Å²) in [5.41, 5.74) is 7.56. The number of nitrogens with one attached hydrogen (secondary N) is 2. The van der Waals surface area contributed by atoms with Crippen LogP contribution in [0.15, 0.2) is 61.3 Å². The molecule has 1 aliphatic heterocycles. The maximum Gasteiger partial charge on any atom is 0.419 e. The van der Waals surface area contributed by atoms with Gasteiger partial charge in [-0.1, -0.05) is 43.0 Å². The first kappa shape index (κ1) is 25.4. The second kappa shape index (κ2) is 10.9. The van der Waals surface area contributed by atoms with Gasteiger partial charge in [0, 0.05) is 17.5 Å². The third-order valence-electron chi connectivity index (χ3n) is 6.42. The molecule has 36 heavy (non-hydrogen) atoms. The lowest BCUT2D eigenvalue weighted by Gasteiger charge is -2.23. The molecule has 0 spiro atoms. The van der Waals surface area contributed by atoms with Gasteiger partial charge in [0.25, 0.3) is 0 Å². The molecular weight excluding hydrogens is 467 g/mol. The van der Waals surface area contributed by atoms with E-state index in [4.69, 9.17) is 5.73 Å². The first-order chi connectivity index (χ1) is 17.2. The van der Waals surface area contributed by atoms with Crippen LogP contribution >= 0.6 is 0 Å². The van der Waals surface area contributed by atoms with Crippen LogP contribution in [0.3, 0.4) is 0 Å². The number of benzene rings is 2. The SMILES string of the molecule is C=C(C(N)=O)c1ccccc1CCc1nc(Nc2ccc(C3CCNCC3)cc2)ncc1C(F)(F)F. The first-order valence-electron chi connectivity index (χ1n) is 11.8. The van der Waals surface area contributed by atoms with Crippen molar-refractivity contribution in [1.29, 1.82) is 0 Å². The van der Waals surface area contributed by atoms with Gasteiger partial charge in [0.2, 0.25) is 11.9 Å². The molecule has 9 heteroatoms. The molecule has 0 bridgehead atoms. The van der Waals surface area contributed by atoms with Gasteiger partial charge < -0.3 is 16.4 Å². The number of aromatic nitrogens is 2. The minimum Gasteiger partial charge on any atom is -0.366 e. The Balaban J connectivity index is 1.54. The van der Waals surface area contributed by atoms with Crippen LogP contribution in [-0.4, -0.2) is 29.0 Å². The summed E-state index contributed by atoms with van der Waals surface area (Å²) in [4.78, 5) is 19.7. The van der Waals surface area contributed by atoms with Crippen LogP contribution in [0.5, 0.6) is 0 Å². The highest BCUT2D eigenvalue weighted by Gasteiger charge is 2.35. The lowest BCUT2D eigenvalue weighted by molar-refractivity contribution is -0.138. The first-order valence-corrected chi connectivity index (χ1v) is 11.8. The smallest absolute Gasteiger partial charge is 0.366 e. The fraction of sp³-hybridized carbons (Fsp3) is 0.296. The van der Waals surface area contributed by atoms with Gasteiger partial charge in [-0.15, -0.1) is 0 Å². The van der Waals surface area contributed by atoms with E-state index in [9.17, 15) is 18.0 Å². The summed E-state index contributed by atoms with van der Waals surface area (Å²) < 4.78 is 41.1. The highest BCUT2D eigenvalue weighted by molar-refractivity contribution is 6.18. The molecule has 4 N–H and O–H groups in total. The van der Waals surface area contributed by atoms with Crippen LogP contribution in [0.4, 0.5) is 24.8 Å². The number of hydrogen-bond acceptors (Lipinski definition) is 5. The summed E-state index contributed by atoms with van der Waals surface area (Å²) in [6.07, 6.45) is -1.43. The lowest BCUT2D eigenvalue weighted by atomic mass is 9.90. The van der Waals surface area contributed by atoms with Crippen molar-refractivity contribution >= 4 is 23.1 Å². The average Bonchev–Trinajstić information content (AvgIpc) is 2.87. The van der Waals surface area contributed by atoms with E-state index >= 15 is 0 Å². The van der Waals surface area contributed by atoms with Gasteiger partial charge in [0.1, 0.15) is 0 Å². The number of anilines is 2. The van der Waals surface area contributed by atoms with E-state index in [1.54, 1.807) is 24.3 Å². The number of nitrogens with two attached hydrogens (primary N) is 1. The van der Waals surface area contributed by atoms with E-state index in [0.717, 1.165) is 32.1 Å². The number of halogens is 3. The van der Waals surface area contributed by atoms with Crippen LogP contribution < -0.4 is 16.4 Å². The summed E-state index contributed by atoms with van der Waals surface area (Å²) in [7, 11) is 0. The van der Waals surface area contributed by atoms with Crippen LogP contribution in [0.2, 0.25) is 0 Å². The third kappa shape index (κ3) is 6.09. The molecule has 1 fully saturated rings. The Bertz CT molecular complexity index is 1230. The fourth-order valence-electron chi connectivity index (χ4n) is 4.45. The number of amides is 1. The number of carbonyl (C=O) groups excluding carboxylic acids is 1. The average molecular weight is 496 g/mol. The number of hydrogen-bond donors (Lipinski definition) is 3. The molecule has 1 aromatic heterocycles. The quantitative estimate of drug-likeness (QED) is 0.383. The molecule has 0 aliphatic carbocycles. The monoisotopic (exact) mass is 495 g/mol. The van der Waals surface area contributed by atoms with E-state index in [1.807, 2.05) is 24.3 Å². The number of rotatable bonds is 8. The van der Waals surface area contributed by atoms with Crippen molar-refractivity contribution in [2.45, 2.75) is 37.8 Å². The van der Waals surface area contributed by atoms with Crippen LogP contribution in [0, 0.1) is 0 Å². The molecule has 3 aromatic rings. The Morgan fingerprint density at radius 1 is 1.08 bits per heavy atom. The largest absolute Gasteiger partial charge is 0.419 e. The molecule has 0 saturated carbocycles. The normalized spacial score (nSPS) is 14.4. The Kier molecular flexibility index (Phi) is 7.69. The fourth-order valence-corrected chi connectivity index (χ4v) is 4.45. The summed E-state index contributed by atoms with van der Waals surface area (Å²) in [6.45, 7) is 5.69. The zero-order chi connectivity index (χ0) is 25.7. The topological polar surface area (TPSA) is 92.9 Å². The van der Waals surface area contributed by atoms with E-state index in [1.165, 1.54) is 5.56 Å². The minimum absolute atomic E-state index is 0.0102. The Hall–Kier alpha value is -3.72. The van der Waals surface area contributed by atoms with E-state index < -0.39 is 17.6 Å². The molecule has 188 valence electrons. The zero-order valence-electron chi connectivity index (χ0n) is 19.7. The van der Waals surface area contributed by atoms with Crippen molar-refractivity contribution in [2.75, 3.05) is 18.4 Å². The van der Waals surface area contributed by atoms with E-state index in [0.29, 0.717) is 22.7 Å². The molecule has 4 rings (SSSR count). The number of primary amides is 1. The standard InChI is InChI=1S/C27H28F3N5O/c1-17(25(31)36)22-5-3-2-4-20(22)8-11-24-23(27(28,29)30)16-33-26(35-24)34-21-9-6-18(7-10-21)19-12-14-32-15-13-19/h2-7,9-10,16,19,32H,1,8,11-15H2,(H2,31,36)(H,33,34,35). The maximum absolute atomic E-state index is 13.7. The molecule has 0 radical (unpaired) electrons. The van der Waals surface area contributed by atoms with Gasteiger partial charge in [0.05, 0.1) is 11.3 Å². The molecule has 0 atom stereocenters. The summed E-state index contributed by atoms with van der Waals surface area (Å²) in [5.74, 6) is -0.0942. The summed E-state index contributed by atoms with van der Waals surface area (Å²) >= 11 is 0. The molecule has 2 heterocycles. The van der Waals surface area contributed by atoms with Crippen LogP contribution in [-0.2, 0) is 23.8 Å². The Labute approximate surface area is 207 Å². The second-order valence-electron chi connectivity index (χ2n) is 8.82. The molecule has 1 amide bonds. The number of carbonyl (C=O) groups is 1. The van der Waals surface area contributed by atoms with Gasteiger partial charge >= 0.3 is 6.18 Å². The Morgan fingerprint density at radius 3 is 2.44 bits per heavy atom. The maximum atomic E-state index is 13.7. The predicted molar refractivity (Wildman–Crippen MR) is 134 cm³/mol. The van der Waals surface area contributed by atoms with Gasteiger partial charge in [0.15, 0.2) is 0 Å². The predicted octanol–water partition coefficient (Wildman–Crippen LogP) is 4.99. The zero-order valence-corrected chi connectivity index (χ0v) is 19.7. The number of alkyl halides is 3. The van der Waals surface area contributed by atoms with Crippen molar-refractivity contribution in [3.8, 4) is 0 Å². The molecule has 1 aliphatic rings. The van der Waals surface area contributed by atoms with Gasteiger partial charge in [-0.2, -0.15) is 13.2 Å². The Morgan fingerprint density at radius 2 is 1.78 bits per heavy atom. The summed E-state index contributed by atoms with van der Waals surface area (Å²) in [6, 6.07) is 14.7. The van der Waals surface area contributed by atoms with Crippen molar-refractivity contribution in [1.82, 2.24) is 15.3 Å². The van der Waals surface area contributed by atoms with Crippen molar-refractivity contribution in [3.05, 3.63) is 89.3 Å². The van der Waals surface area contributed by atoms with Crippen molar-refractivity contribution < 1.29 is 18.0 Å². The summed E-state index contributed by atoms with van der Waals surface area (Å²) in [5, 5.41) is 6.37. The highest BCUT2D eigenvalue weighted by atomic mass is 19.4. The molecule has 2 aromatic carbocycles. The number of nitrogens with zero attached hydrogens (tertiary/aromatic N) is 2. The molecule has 0 unspecified atom stereocenters. The van der Waals surface area contributed by atoms with Crippen molar-refractivity contribution in [3.63, 3.8) is 0 Å². The van der Waals surface area contributed by atoms with E-state index in [2.05, 4.69) is 27.2 Å². The minimum atomic E-state index is -4.60. The number of piperidine rings is 1. The third-order valence-corrected chi connectivity index (χ3v) is 6.42. The molecule has 1 saturated heterocycles. The van der Waals surface area contributed by atoms with Gasteiger partial charge in [-0.3, -0.25) is 4.79 Å². The second-order valence-corrected chi connectivity index (χ2v) is 8.82. The van der Waals surface area contributed by atoms with Crippen LogP contribution in [0.25, 0.3) is 5.57 Å². The van der Waals surface area contributed by atoms with Gasteiger partial charge in [-0.25, -0.2) is 9.97 Å².